The monoisotopic (exact) mass is 339 g/mol. The second-order valence-corrected chi connectivity index (χ2v) is 6.51. The predicted molar refractivity (Wildman–Crippen MR) is 94.3 cm³/mol. The van der Waals surface area contributed by atoms with E-state index in [0.29, 0.717) is 5.16 Å². The zero-order valence-corrected chi connectivity index (χ0v) is 14.2. The highest BCUT2D eigenvalue weighted by molar-refractivity contribution is 8.00. The lowest BCUT2D eigenvalue weighted by Gasteiger charge is -2.20. The van der Waals surface area contributed by atoms with Gasteiger partial charge in [0.2, 0.25) is 11.1 Å². The van der Waals surface area contributed by atoms with Crippen molar-refractivity contribution in [3.05, 3.63) is 60.7 Å². The number of para-hydroxylation sites is 2. The smallest absolute Gasteiger partial charge is 0.240 e. The quantitative estimate of drug-likeness (QED) is 0.669. The van der Waals surface area contributed by atoms with Crippen molar-refractivity contribution in [1.29, 1.82) is 0 Å². The maximum absolute atomic E-state index is 12.6. The van der Waals surface area contributed by atoms with Crippen molar-refractivity contribution in [2.24, 2.45) is 0 Å². The lowest BCUT2D eigenvalue weighted by molar-refractivity contribution is -0.117. The van der Waals surface area contributed by atoms with Gasteiger partial charge in [-0.15, -0.1) is 5.10 Å². The van der Waals surface area contributed by atoms with Crippen molar-refractivity contribution in [3.63, 3.8) is 0 Å². The molecular weight excluding hydrogens is 322 g/mol. The molecule has 1 amide bonds. The van der Waals surface area contributed by atoms with E-state index in [0.717, 1.165) is 11.4 Å². The largest absolute Gasteiger partial charge is 0.315 e. The first-order valence-electron chi connectivity index (χ1n) is 7.50. The minimum absolute atomic E-state index is 0.00573. The van der Waals surface area contributed by atoms with Gasteiger partial charge in [0.15, 0.2) is 0 Å². The molecule has 3 aromatic rings. The van der Waals surface area contributed by atoms with Crippen molar-refractivity contribution in [1.82, 2.24) is 20.2 Å². The minimum Gasteiger partial charge on any atom is -0.315 e. The molecule has 0 aliphatic carbocycles. The number of carbonyl (C=O) groups is 1. The van der Waals surface area contributed by atoms with Crippen LogP contribution in [0.1, 0.15) is 6.92 Å². The van der Waals surface area contributed by atoms with E-state index in [1.165, 1.54) is 11.8 Å². The Kier molecular flexibility index (Phi) is 4.90. The highest BCUT2D eigenvalue weighted by atomic mass is 32.2. The number of benzene rings is 2. The number of hydrogen-bond donors (Lipinski definition) is 0. The molecule has 24 heavy (non-hydrogen) atoms. The van der Waals surface area contributed by atoms with E-state index in [9.17, 15) is 4.79 Å². The standard InChI is InChI=1S/C17H17N5OS/c1-13(16(23)21(2)14-9-5-3-6-10-14)24-17-18-19-20-22(17)15-11-7-4-8-12-15/h3-13H,1-2H3/t13-/m1/s1. The van der Waals surface area contributed by atoms with E-state index in [4.69, 9.17) is 0 Å². The number of anilines is 1. The molecule has 0 N–H and O–H groups in total. The molecule has 1 heterocycles. The number of tetrazole rings is 1. The Labute approximate surface area is 144 Å². The maximum atomic E-state index is 12.6. The lowest BCUT2D eigenvalue weighted by atomic mass is 10.3. The van der Waals surface area contributed by atoms with Crippen LogP contribution in [0.15, 0.2) is 65.8 Å². The van der Waals surface area contributed by atoms with E-state index in [-0.39, 0.29) is 11.2 Å². The van der Waals surface area contributed by atoms with E-state index < -0.39 is 0 Å². The Bertz CT molecular complexity index is 806. The van der Waals surface area contributed by atoms with Crippen LogP contribution in [0, 0.1) is 0 Å². The average Bonchev–Trinajstić information content (AvgIpc) is 3.10. The molecule has 122 valence electrons. The third-order valence-electron chi connectivity index (χ3n) is 3.55. The third kappa shape index (κ3) is 3.46. The molecule has 0 unspecified atom stereocenters. The Balaban J connectivity index is 1.75. The fourth-order valence-electron chi connectivity index (χ4n) is 2.24. The predicted octanol–water partition coefficient (Wildman–Crippen LogP) is 2.81. The highest BCUT2D eigenvalue weighted by Crippen LogP contribution is 2.25. The molecular formula is C17H17N5OS. The maximum Gasteiger partial charge on any atom is 0.240 e. The van der Waals surface area contributed by atoms with E-state index in [2.05, 4.69) is 15.5 Å². The van der Waals surface area contributed by atoms with Gasteiger partial charge in [-0.1, -0.05) is 48.2 Å². The zero-order valence-electron chi connectivity index (χ0n) is 13.4. The fraction of sp³-hybridized carbons (Fsp3) is 0.176. The van der Waals surface area contributed by atoms with Crippen LogP contribution in [-0.4, -0.2) is 38.4 Å². The van der Waals surface area contributed by atoms with Crippen LogP contribution in [-0.2, 0) is 4.79 Å². The van der Waals surface area contributed by atoms with Crippen molar-refractivity contribution in [3.8, 4) is 5.69 Å². The molecule has 0 bridgehead atoms. The summed E-state index contributed by atoms with van der Waals surface area (Å²) >= 11 is 1.34. The summed E-state index contributed by atoms with van der Waals surface area (Å²) in [7, 11) is 1.77. The molecule has 0 saturated carbocycles. The number of rotatable bonds is 5. The molecule has 0 spiro atoms. The molecule has 0 radical (unpaired) electrons. The summed E-state index contributed by atoms with van der Waals surface area (Å²) in [6.07, 6.45) is 0. The molecule has 0 saturated heterocycles. The Hall–Kier alpha value is -2.67. The SMILES string of the molecule is C[C@@H](Sc1nnnn1-c1ccccc1)C(=O)N(C)c1ccccc1. The summed E-state index contributed by atoms with van der Waals surface area (Å²) in [5.41, 5.74) is 1.72. The lowest BCUT2D eigenvalue weighted by Crippen LogP contribution is -2.33. The minimum atomic E-state index is -0.316. The molecule has 0 aliphatic rings. The number of aromatic nitrogens is 4. The summed E-state index contributed by atoms with van der Waals surface area (Å²) in [6, 6.07) is 19.2. The molecule has 0 aliphatic heterocycles. The molecule has 1 aromatic heterocycles. The van der Waals surface area contributed by atoms with Gasteiger partial charge in [0.1, 0.15) is 0 Å². The molecule has 6 nitrogen and oxygen atoms in total. The molecule has 2 aromatic carbocycles. The van der Waals surface area contributed by atoms with Crippen molar-refractivity contribution in [2.75, 3.05) is 11.9 Å². The molecule has 0 fully saturated rings. The van der Waals surface area contributed by atoms with Gasteiger partial charge >= 0.3 is 0 Å². The molecule has 3 rings (SSSR count). The highest BCUT2D eigenvalue weighted by Gasteiger charge is 2.22. The van der Waals surface area contributed by atoms with Gasteiger partial charge in [0.05, 0.1) is 10.9 Å². The van der Waals surface area contributed by atoms with Gasteiger partial charge in [-0.3, -0.25) is 4.79 Å². The summed E-state index contributed by atoms with van der Waals surface area (Å²) in [5.74, 6) is -0.00573. The second-order valence-electron chi connectivity index (χ2n) is 5.20. The molecule has 1 atom stereocenters. The summed E-state index contributed by atoms with van der Waals surface area (Å²) < 4.78 is 1.64. The van der Waals surface area contributed by atoms with Gasteiger partial charge in [-0.25, -0.2) is 0 Å². The van der Waals surface area contributed by atoms with E-state index in [1.54, 1.807) is 16.6 Å². The number of hydrogen-bond acceptors (Lipinski definition) is 5. The number of carbonyl (C=O) groups excluding carboxylic acids is 1. The van der Waals surface area contributed by atoms with Crippen LogP contribution in [0.25, 0.3) is 5.69 Å². The van der Waals surface area contributed by atoms with Crippen LogP contribution < -0.4 is 4.90 Å². The topological polar surface area (TPSA) is 63.9 Å². The molecule has 7 heteroatoms. The first-order chi connectivity index (χ1) is 11.7. The number of thioether (sulfide) groups is 1. The first kappa shape index (κ1) is 16.2. The number of amides is 1. The summed E-state index contributed by atoms with van der Waals surface area (Å²) in [4.78, 5) is 14.3. The van der Waals surface area contributed by atoms with Gasteiger partial charge < -0.3 is 4.90 Å². The Morgan fingerprint density at radius 3 is 2.38 bits per heavy atom. The van der Waals surface area contributed by atoms with Crippen molar-refractivity contribution >= 4 is 23.4 Å². The normalized spacial score (nSPS) is 11.9. The van der Waals surface area contributed by atoms with Gasteiger partial charge in [-0.05, 0) is 41.6 Å². The fourth-order valence-corrected chi connectivity index (χ4v) is 3.14. The second kappa shape index (κ2) is 7.27. The van der Waals surface area contributed by atoms with E-state index >= 15 is 0 Å². The van der Waals surface area contributed by atoms with Crippen LogP contribution in [0.4, 0.5) is 5.69 Å². The van der Waals surface area contributed by atoms with Gasteiger partial charge in [0.25, 0.3) is 0 Å². The Morgan fingerprint density at radius 2 is 1.71 bits per heavy atom. The van der Waals surface area contributed by atoms with Crippen molar-refractivity contribution in [2.45, 2.75) is 17.3 Å². The summed E-state index contributed by atoms with van der Waals surface area (Å²) in [6.45, 7) is 1.86. The zero-order chi connectivity index (χ0) is 16.9. The van der Waals surface area contributed by atoms with Crippen LogP contribution >= 0.6 is 11.8 Å². The Morgan fingerprint density at radius 1 is 1.08 bits per heavy atom. The van der Waals surface area contributed by atoms with Crippen LogP contribution in [0.5, 0.6) is 0 Å². The van der Waals surface area contributed by atoms with Gasteiger partial charge in [0, 0.05) is 12.7 Å². The third-order valence-corrected chi connectivity index (χ3v) is 4.57. The van der Waals surface area contributed by atoms with Crippen LogP contribution in [0.2, 0.25) is 0 Å². The van der Waals surface area contributed by atoms with Gasteiger partial charge in [-0.2, -0.15) is 4.68 Å². The van der Waals surface area contributed by atoms with Crippen molar-refractivity contribution < 1.29 is 4.79 Å². The summed E-state index contributed by atoms with van der Waals surface area (Å²) in [5, 5.41) is 12.1. The number of nitrogens with zero attached hydrogens (tertiary/aromatic N) is 5. The average molecular weight is 339 g/mol. The van der Waals surface area contributed by atoms with Crippen LogP contribution in [0.3, 0.4) is 0 Å². The van der Waals surface area contributed by atoms with E-state index in [1.807, 2.05) is 67.6 Å². The first-order valence-corrected chi connectivity index (χ1v) is 8.38.